The van der Waals surface area contributed by atoms with Crippen LogP contribution < -0.4 is 5.56 Å². The molecule has 2 bridgehead atoms. The van der Waals surface area contributed by atoms with Crippen LogP contribution in [-0.4, -0.2) is 27.5 Å². The number of likely N-dealkylation sites (tertiary alicyclic amines) is 1. The molecule has 1 saturated heterocycles. The second kappa shape index (κ2) is 7.18. The van der Waals surface area contributed by atoms with Crippen molar-refractivity contribution in [3.63, 3.8) is 0 Å². The molecule has 0 radical (unpaired) electrons. The molecule has 6 rings (SSSR count). The highest BCUT2D eigenvalue weighted by Gasteiger charge is 2.35. The van der Waals surface area contributed by atoms with Gasteiger partial charge in [-0.3, -0.25) is 14.7 Å². The van der Waals surface area contributed by atoms with Crippen molar-refractivity contribution >= 4 is 21.4 Å². The highest BCUT2D eigenvalue weighted by atomic mass is 32.1. The van der Waals surface area contributed by atoms with Gasteiger partial charge in [-0.05, 0) is 54.1 Å². The zero-order valence-electron chi connectivity index (χ0n) is 16.7. The van der Waals surface area contributed by atoms with Gasteiger partial charge in [0.05, 0.1) is 11.3 Å². The predicted molar refractivity (Wildman–Crippen MR) is 122 cm³/mol. The van der Waals surface area contributed by atoms with Gasteiger partial charge in [-0.2, -0.15) is 0 Å². The van der Waals surface area contributed by atoms with E-state index >= 15 is 0 Å². The first kappa shape index (κ1) is 18.0. The molecule has 0 unspecified atom stereocenters. The molecule has 3 aromatic heterocycles. The van der Waals surface area contributed by atoms with E-state index < -0.39 is 0 Å². The van der Waals surface area contributed by atoms with Crippen molar-refractivity contribution in [3.05, 3.63) is 88.6 Å². The van der Waals surface area contributed by atoms with E-state index in [4.69, 9.17) is 0 Å². The lowest BCUT2D eigenvalue weighted by Crippen LogP contribution is -2.47. The molecule has 4 nitrogen and oxygen atoms in total. The molecule has 5 heterocycles. The van der Waals surface area contributed by atoms with E-state index in [1.54, 1.807) is 11.3 Å². The summed E-state index contributed by atoms with van der Waals surface area (Å²) < 4.78 is 3.30. The maximum atomic E-state index is 13.4. The van der Waals surface area contributed by atoms with Gasteiger partial charge >= 0.3 is 0 Å². The number of fused-ring (bicyclic) bond motifs is 5. The Kier molecular flexibility index (Phi) is 4.32. The zero-order chi connectivity index (χ0) is 20.1. The van der Waals surface area contributed by atoms with Crippen LogP contribution in [0.1, 0.15) is 23.7 Å². The van der Waals surface area contributed by atoms with Gasteiger partial charge in [0.15, 0.2) is 0 Å². The lowest BCUT2D eigenvalue weighted by molar-refractivity contribution is 0.113. The highest BCUT2D eigenvalue weighted by molar-refractivity contribution is 7.22. The molecule has 150 valence electrons. The second-order valence-corrected chi connectivity index (χ2v) is 9.63. The molecular formula is C25H23N3OS. The Labute approximate surface area is 179 Å². The predicted octanol–water partition coefficient (Wildman–Crippen LogP) is 4.74. The van der Waals surface area contributed by atoms with Crippen LogP contribution in [0.3, 0.4) is 0 Å². The zero-order valence-corrected chi connectivity index (χ0v) is 17.5. The van der Waals surface area contributed by atoms with Gasteiger partial charge in [-0.15, -0.1) is 11.3 Å². The first-order valence-electron chi connectivity index (χ1n) is 10.6. The van der Waals surface area contributed by atoms with E-state index in [9.17, 15) is 4.79 Å². The smallest absolute Gasteiger partial charge is 0.259 e. The lowest BCUT2D eigenvalue weighted by atomic mass is 9.83. The molecule has 30 heavy (non-hydrogen) atoms. The SMILES string of the molecule is O=c1c(-c2cc3ccccc3s2)ccc2n1C[C@@H]1C[C@@H]2CN(Cc2ccccn2)C1. The fourth-order valence-corrected chi connectivity index (χ4v) is 6.28. The van der Waals surface area contributed by atoms with Crippen molar-refractivity contribution in [2.75, 3.05) is 13.1 Å². The number of piperidine rings is 1. The fourth-order valence-electron chi connectivity index (χ4n) is 5.20. The van der Waals surface area contributed by atoms with E-state index in [0.717, 1.165) is 42.3 Å². The monoisotopic (exact) mass is 413 g/mol. The van der Waals surface area contributed by atoms with Crippen LogP contribution in [0.25, 0.3) is 20.5 Å². The van der Waals surface area contributed by atoms with E-state index in [-0.39, 0.29) is 5.56 Å². The molecule has 1 aromatic carbocycles. The van der Waals surface area contributed by atoms with Crippen molar-refractivity contribution in [1.29, 1.82) is 0 Å². The van der Waals surface area contributed by atoms with E-state index in [0.29, 0.717) is 11.8 Å². The third-order valence-electron chi connectivity index (χ3n) is 6.48. The minimum atomic E-state index is 0.173. The quantitative estimate of drug-likeness (QED) is 0.487. The molecule has 2 atom stereocenters. The second-order valence-electron chi connectivity index (χ2n) is 8.55. The third kappa shape index (κ3) is 3.09. The maximum Gasteiger partial charge on any atom is 0.259 e. The third-order valence-corrected chi connectivity index (χ3v) is 7.63. The Morgan fingerprint density at radius 2 is 1.90 bits per heavy atom. The average molecular weight is 414 g/mol. The number of nitrogens with zero attached hydrogens (tertiary/aromatic N) is 3. The summed E-state index contributed by atoms with van der Waals surface area (Å²) in [6, 6.07) is 20.9. The summed E-state index contributed by atoms with van der Waals surface area (Å²) in [5, 5.41) is 1.21. The van der Waals surface area contributed by atoms with Gasteiger partial charge in [0.2, 0.25) is 0 Å². The van der Waals surface area contributed by atoms with Gasteiger partial charge in [0.1, 0.15) is 0 Å². The summed E-state index contributed by atoms with van der Waals surface area (Å²) >= 11 is 1.71. The molecule has 4 aromatic rings. The first-order chi connectivity index (χ1) is 14.7. The summed E-state index contributed by atoms with van der Waals surface area (Å²) in [4.78, 5) is 21.5. The molecule has 0 saturated carbocycles. The first-order valence-corrected chi connectivity index (χ1v) is 11.4. The van der Waals surface area contributed by atoms with Crippen molar-refractivity contribution in [1.82, 2.24) is 14.5 Å². The largest absolute Gasteiger partial charge is 0.311 e. The van der Waals surface area contributed by atoms with Crippen molar-refractivity contribution < 1.29 is 0 Å². The Balaban J connectivity index is 1.32. The highest BCUT2D eigenvalue weighted by Crippen LogP contribution is 2.37. The van der Waals surface area contributed by atoms with Crippen LogP contribution in [0.4, 0.5) is 0 Å². The number of benzene rings is 1. The van der Waals surface area contributed by atoms with Crippen molar-refractivity contribution in [3.8, 4) is 10.4 Å². The Bertz CT molecular complexity index is 1240. The molecule has 1 fully saturated rings. The molecule has 5 heteroatoms. The Hall–Kier alpha value is -2.76. The molecule has 2 aliphatic heterocycles. The average Bonchev–Trinajstić information content (AvgIpc) is 3.19. The van der Waals surface area contributed by atoms with Crippen LogP contribution in [-0.2, 0) is 13.1 Å². The Morgan fingerprint density at radius 1 is 1.00 bits per heavy atom. The minimum Gasteiger partial charge on any atom is -0.311 e. The molecule has 0 spiro atoms. The Morgan fingerprint density at radius 3 is 2.77 bits per heavy atom. The number of pyridine rings is 2. The summed E-state index contributed by atoms with van der Waals surface area (Å²) in [6.07, 6.45) is 3.05. The van der Waals surface area contributed by atoms with Gasteiger partial charge in [0.25, 0.3) is 5.56 Å². The molecule has 0 N–H and O–H groups in total. The molecule has 0 amide bonds. The summed E-state index contributed by atoms with van der Waals surface area (Å²) in [5.74, 6) is 0.945. The van der Waals surface area contributed by atoms with Gasteiger partial charge in [-0.1, -0.05) is 24.3 Å². The number of rotatable bonds is 3. The van der Waals surface area contributed by atoms with Crippen LogP contribution in [0, 0.1) is 5.92 Å². The standard InChI is InChI=1S/C25H23N3OS/c29-25-21(24-12-18-5-1-2-7-23(18)30-24)8-9-22-19-11-17(14-28(22)25)13-27(15-19)16-20-6-3-4-10-26-20/h1-10,12,17,19H,11,13-16H2/t17-,19-/m1/s1. The topological polar surface area (TPSA) is 38.1 Å². The van der Waals surface area contributed by atoms with E-state index in [1.807, 2.05) is 12.3 Å². The number of hydrogen-bond donors (Lipinski definition) is 0. The minimum absolute atomic E-state index is 0.173. The number of thiophene rings is 1. The molecular weight excluding hydrogens is 390 g/mol. The molecule has 2 aliphatic rings. The van der Waals surface area contributed by atoms with E-state index in [1.165, 1.54) is 22.2 Å². The van der Waals surface area contributed by atoms with Gasteiger partial charge in [0, 0.05) is 53.6 Å². The van der Waals surface area contributed by atoms with Crippen molar-refractivity contribution in [2.45, 2.75) is 25.4 Å². The van der Waals surface area contributed by atoms with Crippen LogP contribution in [0.2, 0.25) is 0 Å². The lowest BCUT2D eigenvalue weighted by Gasteiger charge is -2.42. The maximum absolute atomic E-state index is 13.4. The van der Waals surface area contributed by atoms with Crippen molar-refractivity contribution in [2.24, 2.45) is 5.92 Å². The number of aromatic nitrogens is 2. The summed E-state index contributed by atoms with van der Waals surface area (Å²) in [7, 11) is 0. The summed E-state index contributed by atoms with van der Waals surface area (Å²) in [5.41, 5.74) is 3.33. The normalized spacial score (nSPS) is 20.9. The van der Waals surface area contributed by atoms with Gasteiger partial charge in [-0.25, -0.2) is 0 Å². The molecule has 0 aliphatic carbocycles. The van der Waals surface area contributed by atoms with Crippen LogP contribution in [0.5, 0.6) is 0 Å². The summed E-state index contributed by atoms with van der Waals surface area (Å²) in [6.45, 7) is 3.74. The van der Waals surface area contributed by atoms with Crippen LogP contribution in [0.15, 0.2) is 71.7 Å². The number of hydrogen-bond acceptors (Lipinski definition) is 4. The van der Waals surface area contributed by atoms with E-state index in [2.05, 4.69) is 69.0 Å². The van der Waals surface area contributed by atoms with Crippen LogP contribution >= 0.6 is 11.3 Å². The van der Waals surface area contributed by atoms with Gasteiger partial charge < -0.3 is 4.57 Å². The fraction of sp³-hybridized carbons (Fsp3) is 0.280.